The van der Waals surface area contributed by atoms with E-state index in [2.05, 4.69) is 5.32 Å². The number of rotatable bonds is 10. The highest BCUT2D eigenvalue weighted by molar-refractivity contribution is 8.00. The number of β-lactam (4-membered cyclic amide) rings is 1. The molecular weight excluding hydrogens is 504 g/mol. The number of hydrogen-bond donors (Lipinski definition) is 2. The van der Waals surface area contributed by atoms with Gasteiger partial charge in [-0.2, -0.15) is 0 Å². The molecule has 0 saturated carbocycles. The first-order valence-corrected chi connectivity index (χ1v) is 12.1. The number of esters is 1. The van der Waals surface area contributed by atoms with Gasteiger partial charge in [-0.3, -0.25) is 19.3 Å². The molecule has 12 heteroatoms. The standard InChI is InChI=1S/C25H22N2O9S/c1-34-16-9-7-15(8-10-16)20(36-13-28)21(29)26-18-22(30)27-19(24(31)32)17(12-37-23(18)27)25(33)35-11-14-5-3-2-4-6-14/h2-10,13,18,20,23H,11-12H2,1H3,(H,26,29)(H,31,32)/t18?,20?,23-/m0/s1. The molecule has 11 nitrogen and oxygen atoms in total. The molecule has 2 unspecified atom stereocenters. The zero-order valence-electron chi connectivity index (χ0n) is 19.5. The first-order chi connectivity index (χ1) is 17.8. The summed E-state index contributed by atoms with van der Waals surface area (Å²) in [5.74, 6) is -3.28. The number of aliphatic carboxylic acids is 1. The first kappa shape index (κ1) is 25.8. The molecule has 0 spiro atoms. The van der Waals surface area contributed by atoms with Crippen molar-refractivity contribution in [3.05, 3.63) is 77.0 Å². The fourth-order valence-electron chi connectivity index (χ4n) is 3.94. The van der Waals surface area contributed by atoms with E-state index in [1.54, 1.807) is 36.4 Å². The topological polar surface area (TPSA) is 149 Å². The van der Waals surface area contributed by atoms with Crippen LogP contribution in [0.3, 0.4) is 0 Å². The van der Waals surface area contributed by atoms with Crippen molar-refractivity contribution in [1.29, 1.82) is 0 Å². The van der Waals surface area contributed by atoms with Crippen molar-refractivity contribution < 1.29 is 43.3 Å². The van der Waals surface area contributed by atoms with Crippen molar-refractivity contribution in [1.82, 2.24) is 10.2 Å². The minimum absolute atomic E-state index is 0.0389. The number of nitrogens with one attached hydrogen (secondary N) is 1. The molecule has 3 atom stereocenters. The van der Waals surface area contributed by atoms with Crippen molar-refractivity contribution in [3.8, 4) is 5.75 Å². The summed E-state index contributed by atoms with van der Waals surface area (Å²) in [6, 6.07) is 14.0. The number of ether oxygens (including phenoxy) is 3. The Labute approximate surface area is 215 Å². The van der Waals surface area contributed by atoms with Crippen LogP contribution in [0.25, 0.3) is 0 Å². The van der Waals surface area contributed by atoms with Crippen LogP contribution in [-0.4, -0.2) is 64.5 Å². The third-order valence-corrected chi connectivity index (χ3v) is 7.06. The summed E-state index contributed by atoms with van der Waals surface area (Å²) < 4.78 is 15.3. The number of thioether (sulfide) groups is 1. The van der Waals surface area contributed by atoms with Gasteiger partial charge >= 0.3 is 11.9 Å². The summed E-state index contributed by atoms with van der Waals surface area (Å²) in [5.41, 5.74) is 0.442. The van der Waals surface area contributed by atoms with Gasteiger partial charge in [0.05, 0.1) is 12.7 Å². The van der Waals surface area contributed by atoms with Crippen molar-refractivity contribution in [2.75, 3.05) is 12.9 Å². The SMILES string of the molecule is COc1ccc(C(OC=O)C(=O)NC2C(=O)N3C(C(=O)O)=C(C(=O)OCc4ccccc4)CS[C@@H]23)cc1. The lowest BCUT2D eigenvalue weighted by Crippen LogP contribution is -2.71. The van der Waals surface area contributed by atoms with Crippen LogP contribution in [0.15, 0.2) is 65.9 Å². The van der Waals surface area contributed by atoms with Gasteiger partial charge in [0.15, 0.2) is 0 Å². The van der Waals surface area contributed by atoms with E-state index in [4.69, 9.17) is 14.2 Å². The predicted molar refractivity (Wildman–Crippen MR) is 129 cm³/mol. The molecule has 2 amide bonds. The second-order valence-electron chi connectivity index (χ2n) is 7.98. The molecule has 0 aliphatic carbocycles. The fourth-order valence-corrected chi connectivity index (χ4v) is 5.27. The number of carboxylic acids is 1. The molecule has 1 fully saturated rings. The molecule has 2 heterocycles. The zero-order chi connectivity index (χ0) is 26.5. The van der Waals surface area contributed by atoms with Crippen LogP contribution in [0.4, 0.5) is 0 Å². The second kappa shape index (κ2) is 11.2. The van der Waals surface area contributed by atoms with Crippen LogP contribution in [0.2, 0.25) is 0 Å². The number of hydrogen-bond acceptors (Lipinski definition) is 9. The monoisotopic (exact) mass is 526 g/mol. The molecule has 0 aromatic heterocycles. The van der Waals surface area contributed by atoms with Gasteiger partial charge in [-0.15, -0.1) is 11.8 Å². The molecule has 192 valence electrons. The highest BCUT2D eigenvalue weighted by Gasteiger charge is 2.55. The number of fused-ring (bicyclic) bond motifs is 1. The van der Waals surface area contributed by atoms with Gasteiger partial charge in [0.2, 0.25) is 6.10 Å². The van der Waals surface area contributed by atoms with Gasteiger partial charge in [-0.25, -0.2) is 9.59 Å². The van der Waals surface area contributed by atoms with Crippen molar-refractivity contribution in [2.45, 2.75) is 24.1 Å². The number of carbonyl (C=O) groups excluding carboxylic acids is 4. The van der Waals surface area contributed by atoms with Crippen molar-refractivity contribution in [3.63, 3.8) is 0 Å². The molecular formula is C25H22N2O9S. The number of methoxy groups -OCH3 is 1. The van der Waals surface area contributed by atoms with Crippen LogP contribution in [0.1, 0.15) is 17.2 Å². The van der Waals surface area contributed by atoms with E-state index in [1.165, 1.54) is 19.2 Å². The Morgan fingerprint density at radius 2 is 1.86 bits per heavy atom. The molecule has 1 saturated heterocycles. The lowest BCUT2D eigenvalue weighted by molar-refractivity contribution is -0.154. The van der Waals surface area contributed by atoms with E-state index in [9.17, 15) is 29.1 Å². The van der Waals surface area contributed by atoms with E-state index < -0.39 is 47.0 Å². The largest absolute Gasteiger partial charge is 0.497 e. The van der Waals surface area contributed by atoms with Crippen LogP contribution in [0.5, 0.6) is 5.75 Å². The number of benzene rings is 2. The zero-order valence-corrected chi connectivity index (χ0v) is 20.3. The van der Waals surface area contributed by atoms with Gasteiger partial charge in [0.25, 0.3) is 18.3 Å². The minimum atomic E-state index is -1.46. The number of nitrogens with zero attached hydrogens (tertiary/aromatic N) is 1. The van der Waals surface area contributed by atoms with Crippen molar-refractivity contribution >= 4 is 42.0 Å². The molecule has 0 radical (unpaired) electrons. The quantitative estimate of drug-likeness (QED) is 0.264. The average molecular weight is 527 g/mol. The van der Waals surface area contributed by atoms with E-state index in [1.807, 2.05) is 6.07 Å². The van der Waals surface area contributed by atoms with Gasteiger partial charge in [-0.05, 0) is 17.7 Å². The molecule has 2 N–H and O–H groups in total. The summed E-state index contributed by atoms with van der Waals surface area (Å²) in [4.78, 5) is 62.5. The summed E-state index contributed by atoms with van der Waals surface area (Å²) in [7, 11) is 1.48. The Morgan fingerprint density at radius 3 is 2.49 bits per heavy atom. The van der Waals surface area contributed by atoms with E-state index in [0.717, 1.165) is 22.2 Å². The minimum Gasteiger partial charge on any atom is -0.497 e. The Hall–Kier alpha value is -4.32. The predicted octanol–water partition coefficient (Wildman–Crippen LogP) is 1.39. The summed E-state index contributed by atoms with van der Waals surface area (Å²) in [6.07, 6.45) is -1.34. The highest BCUT2D eigenvalue weighted by Crippen LogP contribution is 2.41. The van der Waals surface area contributed by atoms with Gasteiger partial charge in [0.1, 0.15) is 29.5 Å². The molecule has 37 heavy (non-hydrogen) atoms. The number of carboxylic acid groups (broad SMARTS) is 1. The molecule has 2 aliphatic rings. The van der Waals surface area contributed by atoms with Crippen LogP contribution in [-0.2, 0) is 40.1 Å². The number of carbonyl (C=O) groups is 5. The van der Waals surface area contributed by atoms with Gasteiger partial charge in [0, 0.05) is 11.3 Å². The summed E-state index contributed by atoms with van der Waals surface area (Å²) in [5, 5.41) is 11.5. The Kier molecular flexibility index (Phi) is 7.77. The van der Waals surface area contributed by atoms with Crippen LogP contribution >= 0.6 is 11.8 Å². The van der Waals surface area contributed by atoms with Crippen molar-refractivity contribution in [2.24, 2.45) is 0 Å². The van der Waals surface area contributed by atoms with Gasteiger partial charge in [-0.1, -0.05) is 42.5 Å². The maximum atomic E-state index is 12.9. The molecule has 2 aromatic rings. The lowest BCUT2D eigenvalue weighted by Gasteiger charge is -2.49. The normalized spacial score (nSPS) is 19.2. The second-order valence-corrected chi connectivity index (χ2v) is 9.08. The lowest BCUT2D eigenvalue weighted by atomic mass is 10.0. The van der Waals surface area contributed by atoms with Crippen LogP contribution < -0.4 is 10.1 Å². The summed E-state index contributed by atoms with van der Waals surface area (Å²) in [6.45, 7) is 0.0671. The highest BCUT2D eigenvalue weighted by atomic mass is 32.2. The first-order valence-electron chi connectivity index (χ1n) is 11.0. The average Bonchev–Trinajstić information content (AvgIpc) is 2.92. The van der Waals surface area contributed by atoms with E-state index >= 15 is 0 Å². The number of amides is 2. The van der Waals surface area contributed by atoms with E-state index in [-0.39, 0.29) is 24.4 Å². The Bertz CT molecular complexity index is 1250. The smallest absolute Gasteiger partial charge is 0.353 e. The molecule has 2 aliphatic heterocycles. The Balaban J connectivity index is 1.47. The van der Waals surface area contributed by atoms with Gasteiger partial charge < -0.3 is 24.6 Å². The third-order valence-electron chi connectivity index (χ3n) is 5.78. The maximum Gasteiger partial charge on any atom is 0.353 e. The molecule has 0 bridgehead atoms. The Morgan fingerprint density at radius 1 is 1.16 bits per heavy atom. The molecule has 2 aromatic carbocycles. The van der Waals surface area contributed by atoms with Crippen LogP contribution in [0, 0.1) is 0 Å². The summed E-state index contributed by atoms with van der Waals surface area (Å²) >= 11 is 1.11. The fraction of sp³-hybridized carbons (Fsp3) is 0.240. The van der Waals surface area contributed by atoms with E-state index in [0.29, 0.717) is 11.3 Å². The third kappa shape index (κ3) is 5.28. The molecule has 4 rings (SSSR count). The maximum absolute atomic E-state index is 12.9.